The Balaban J connectivity index is 1.32. The number of anilines is 1. The molecular formula is C19H31N5. The largest absolute Gasteiger partial charge is 0.356 e. The Labute approximate surface area is 145 Å². The summed E-state index contributed by atoms with van der Waals surface area (Å²) in [7, 11) is 0. The van der Waals surface area contributed by atoms with Crippen LogP contribution in [-0.4, -0.2) is 59.7 Å². The molecule has 0 radical (unpaired) electrons. The molecule has 5 rings (SSSR count). The van der Waals surface area contributed by atoms with Crippen LogP contribution in [0.15, 0.2) is 12.5 Å². The molecule has 2 bridgehead atoms. The number of rotatable bonds is 5. The predicted molar refractivity (Wildman–Crippen MR) is 97.3 cm³/mol. The van der Waals surface area contributed by atoms with Crippen LogP contribution in [0.4, 0.5) is 5.82 Å². The van der Waals surface area contributed by atoms with E-state index in [9.17, 15) is 0 Å². The third kappa shape index (κ3) is 3.42. The highest BCUT2D eigenvalue weighted by Crippen LogP contribution is 2.29. The van der Waals surface area contributed by atoms with Gasteiger partial charge in [0, 0.05) is 43.5 Å². The fraction of sp³-hybridized carbons (Fsp3) is 0.789. The first-order chi connectivity index (χ1) is 11.8. The van der Waals surface area contributed by atoms with Crippen LogP contribution in [0.3, 0.4) is 0 Å². The van der Waals surface area contributed by atoms with Crippen LogP contribution < -0.4 is 10.2 Å². The fourth-order valence-corrected chi connectivity index (χ4v) is 4.80. The highest BCUT2D eigenvalue weighted by Gasteiger charge is 2.35. The molecule has 0 saturated carbocycles. The Morgan fingerprint density at radius 2 is 1.92 bits per heavy atom. The van der Waals surface area contributed by atoms with Crippen molar-refractivity contribution in [2.75, 3.05) is 37.6 Å². The average Bonchev–Trinajstić information content (AvgIpc) is 2.64. The van der Waals surface area contributed by atoms with Gasteiger partial charge in [-0.05, 0) is 51.1 Å². The van der Waals surface area contributed by atoms with Crippen LogP contribution in [0.1, 0.15) is 44.6 Å². The predicted octanol–water partition coefficient (Wildman–Crippen LogP) is 2.08. The number of aromatic nitrogens is 2. The Morgan fingerprint density at radius 3 is 2.58 bits per heavy atom. The summed E-state index contributed by atoms with van der Waals surface area (Å²) in [6.07, 6.45) is 11.2. The topological polar surface area (TPSA) is 44.3 Å². The summed E-state index contributed by atoms with van der Waals surface area (Å²) in [5.74, 6) is 2.10. The fourth-order valence-electron chi connectivity index (χ4n) is 4.80. The lowest BCUT2D eigenvalue weighted by Gasteiger charge is -2.47. The van der Waals surface area contributed by atoms with Crippen molar-refractivity contribution in [2.45, 2.75) is 57.5 Å². The van der Waals surface area contributed by atoms with Crippen LogP contribution in [-0.2, 0) is 6.42 Å². The summed E-state index contributed by atoms with van der Waals surface area (Å²) >= 11 is 0. The van der Waals surface area contributed by atoms with Crippen molar-refractivity contribution in [3.8, 4) is 0 Å². The summed E-state index contributed by atoms with van der Waals surface area (Å²) in [6, 6.07) is 1.42. The van der Waals surface area contributed by atoms with Crippen molar-refractivity contribution in [2.24, 2.45) is 5.92 Å². The van der Waals surface area contributed by atoms with E-state index < -0.39 is 0 Å². The molecule has 4 saturated heterocycles. The van der Waals surface area contributed by atoms with Gasteiger partial charge in [0.15, 0.2) is 0 Å². The molecule has 4 aliphatic heterocycles. The monoisotopic (exact) mass is 329 g/mol. The zero-order valence-corrected chi connectivity index (χ0v) is 15.0. The molecular weight excluding hydrogens is 298 g/mol. The van der Waals surface area contributed by atoms with Crippen LogP contribution in [0, 0.1) is 5.92 Å². The van der Waals surface area contributed by atoms with Gasteiger partial charge in [0.05, 0.1) is 0 Å². The molecule has 5 nitrogen and oxygen atoms in total. The molecule has 5 heteroatoms. The maximum Gasteiger partial charge on any atom is 0.135 e. The minimum absolute atomic E-state index is 0.684. The lowest BCUT2D eigenvalue weighted by atomic mass is 9.83. The van der Waals surface area contributed by atoms with Crippen molar-refractivity contribution < 1.29 is 0 Å². The van der Waals surface area contributed by atoms with Crippen molar-refractivity contribution in [3.63, 3.8) is 0 Å². The molecule has 1 aromatic rings. The van der Waals surface area contributed by atoms with E-state index in [-0.39, 0.29) is 0 Å². The summed E-state index contributed by atoms with van der Waals surface area (Å²) in [5, 5.41) is 4.00. The van der Waals surface area contributed by atoms with E-state index >= 15 is 0 Å². The Bertz CT molecular complexity index is 532. The Hall–Kier alpha value is -1.20. The van der Waals surface area contributed by atoms with Crippen LogP contribution >= 0.6 is 0 Å². The van der Waals surface area contributed by atoms with E-state index in [1.807, 2.05) is 6.20 Å². The third-order valence-electron chi connectivity index (χ3n) is 6.18. The maximum absolute atomic E-state index is 4.58. The van der Waals surface area contributed by atoms with E-state index in [4.69, 9.17) is 0 Å². The number of aryl methyl sites for hydroxylation is 1. The van der Waals surface area contributed by atoms with Gasteiger partial charge in [0.2, 0.25) is 0 Å². The van der Waals surface area contributed by atoms with Gasteiger partial charge in [-0.15, -0.1) is 0 Å². The van der Waals surface area contributed by atoms with Gasteiger partial charge in [-0.1, -0.05) is 13.3 Å². The molecule has 4 aliphatic rings. The molecule has 0 aliphatic carbocycles. The van der Waals surface area contributed by atoms with Crippen molar-refractivity contribution in [1.82, 2.24) is 20.2 Å². The van der Waals surface area contributed by atoms with E-state index in [1.54, 1.807) is 6.33 Å². The van der Waals surface area contributed by atoms with Crippen LogP contribution in [0.25, 0.3) is 0 Å². The zero-order chi connectivity index (χ0) is 16.4. The van der Waals surface area contributed by atoms with E-state index in [1.165, 1.54) is 56.7 Å². The first kappa shape index (κ1) is 16.3. The summed E-state index contributed by atoms with van der Waals surface area (Å²) in [5.41, 5.74) is 1.31. The van der Waals surface area contributed by atoms with Crippen molar-refractivity contribution >= 4 is 5.82 Å². The van der Waals surface area contributed by atoms with E-state index in [0.717, 1.165) is 37.9 Å². The number of hydrogen-bond donors (Lipinski definition) is 1. The minimum Gasteiger partial charge on any atom is -0.356 e. The number of nitrogens with zero attached hydrogens (tertiary/aromatic N) is 4. The highest BCUT2D eigenvalue weighted by atomic mass is 15.2. The number of hydrogen-bond acceptors (Lipinski definition) is 5. The van der Waals surface area contributed by atoms with Gasteiger partial charge in [-0.3, -0.25) is 0 Å². The Morgan fingerprint density at radius 1 is 1.12 bits per heavy atom. The number of nitrogens with one attached hydrogen (secondary N) is 1. The summed E-state index contributed by atoms with van der Waals surface area (Å²) in [6.45, 7) is 8.39. The molecule has 1 N–H and O–H groups in total. The molecule has 132 valence electrons. The van der Waals surface area contributed by atoms with Gasteiger partial charge < -0.3 is 15.1 Å². The molecule has 0 aromatic carbocycles. The highest BCUT2D eigenvalue weighted by molar-refractivity contribution is 5.45. The SMILES string of the molecule is CCCc1cncnc1N1CCC(N[C@@H]2CN3CCC2CC3)CC1. The lowest BCUT2D eigenvalue weighted by molar-refractivity contribution is 0.0652. The molecule has 0 spiro atoms. The summed E-state index contributed by atoms with van der Waals surface area (Å²) in [4.78, 5) is 13.9. The van der Waals surface area contributed by atoms with Gasteiger partial charge in [-0.25, -0.2) is 9.97 Å². The molecule has 0 amide bonds. The van der Waals surface area contributed by atoms with E-state index in [2.05, 4.69) is 32.0 Å². The minimum atomic E-state index is 0.684. The van der Waals surface area contributed by atoms with Gasteiger partial charge in [0.1, 0.15) is 12.1 Å². The zero-order valence-electron chi connectivity index (χ0n) is 15.0. The summed E-state index contributed by atoms with van der Waals surface area (Å²) < 4.78 is 0. The molecule has 0 unspecified atom stereocenters. The van der Waals surface area contributed by atoms with Gasteiger partial charge >= 0.3 is 0 Å². The second-order valence-electron chi connectivity index (χ2n) is 7.79. The van der Waals surface area contributed by atoms with Crippen LogP contribution in [0.2, 0.25) is 0 Å². The first-order valence-corrected chi connectivity index (χ1v) is 9.85. The third-order valence-corrected chi connectivity index (χ3v) is 6.18. The number of piperidine rings is 4. The van der Waals surface area contributed by atoms with Crippen molar-refractivity contribution in [3.05, 3.63) is 18.1 Å². The second-order valence-corrected chi connectivity index (χ2v) is 7.79. The smallest absolute Gasteiger partial charge is 0.135 e. The Kier molecular flexibility index (Phi) is 4.99. The van der Waals surface area contributed by atoms with Gasteiger partial charge in [0.25, 0.3) is 0 Å². The quantitative estimate of drug-likeness (QED) is 0.896. The molecule has 24 heavy (non-hydrogen) atoms. The maximum atomic E-state index is 4.58. The molecule has 5 heterocycles. The second kappa shape index (κ2) is 7.36. The molecule has 1 atom stereocenters. The normalized spacial score (nSPS) is 30.7. The van der Waals surface area contributed by atoms with Crippen LogP contribution in [0.5, 0.6) is 0 Å². The lowest BCUT2D eigenvalue weighted by Crippen LogP contribution is -2.59. The standard InChI is InChI=1S/C19H31N5/c1-2-3-16-12-20-14-21-19(16)24-10-6-17(7-11-24)22-18-13-23-8-4-15(18)5-9-23/h12,14-15,17-18,22H,2-11,13H2,1H3/t18-/m1/s1. The van der Waals surface area contributed by atoms with Gasteiger partial charge in [-0.2, -0.15) is 0 Å². The van der Waals surface area contributed by atoms with Crippen molar-refractivity contribution in [1.29, 1.82) is 0 Å². The molecule has 1 aromatic heterocycles. The first-order valence-electron chi connectivity index (χ1n) is 9.85. The average molecular weight is 329 g/mol. The van der Waals surface area contributed by atoms with E-state index in [0.29, 0.717) is 6.04 Å². The molecule has 4 fully saturated rings. The number of fused-ring (bicyclic) bond motifs is 3.